The molecule has 0 spiro atoms. The van der Waals surface area contributed by atoms with Crippen molar-refractivity contribution in [1.82, 2.24) is 5.32 Å². The first-order valence-corrected chi connectivity index (χ1v) is 9.91. The third-order valence-corrected chi connectivity index (χ3v) is 4.73. The lowest BCUT2D eigenvalue weighted by Gasteiger charge is -2.19. The molecule has 0 heterocycles. The normalized spacial score (nSPS) is 11.8. The average Bonchev–Trinajstić information content (AvgIpc) is 2.66. The van der Waals surface area contributed by atoms with Crippen LogP contribution in [0.2, 0.25) is 0 Å². The summed E-state index contributed by atoms with van der Waals surface area (Å²) in [6.07, 6.45) is 2.71. The standard InChI is InChI=1S/C21H25NO3S/c1-15(2)13-14-25-21(24)19(16-9-5-4-6-10-16)22-20(23)17-11-7-8-12-18(17)26-3/h4-12,15,19H,13-14H2,1-3H3,(H,22,23)/t19-/m0/s1. The first-order valence-electron chi connectivity index (χ1n) is 8.68. The highest BCUT2D eigenvalue weighted by molar-refractivity contribution is 7.98. The van der Waals surface area contributed by atoms with E-state index in [1.54, 1.807) is 6.07 Å². The molecule has 138 valence electrons. The quantitative estimate of drug-likeness (QED) is 0.549. The molecule has 0 radical (unpaired) electrons. The van der Waals surface area contributed by atoms with E-state index in [9.17, 15) is 9.59 Å². The second kappa shape index (κ2) is 10.0. The van der Waals surface area contributed by atoms with Gasteiger partial charge in [0.1, 0.15) is 0 Å². The molecule has 1 N–H and O–H groups in total. The van der Waals surface area contributed by atoms with Gasteiger partial charge in [-0.15, -0.1) is 11.8 Å². The first kappa shape index (κ1) is 20.0. The fourth-order valence-corrected chi connectivity index (χ4v) is 3.04. The molecule has 0 saturated heterocycles. The average molecular weight is 372 g/mol. The van der Waals surface area contributed by atoms with E-state index in [1.165, 1.54) is 11.8 Å². The molecule has 2 aromatic carbocycles. The summed E-state index contributed by atoms with van der Waals surface area (Å²) in [7, 11) is 0. The van der Waals surface area contributed by atoms with Gasteiger partial charge in [-0.3, -0.25) is 4.79 Å². The first-order chi connectivity index (χ1) is 12.5. The Balaban J connectivity index is 2.18. The number of hydrogen-bond acceptors (Lipinski definition) is 4. The van der Waals surface area contributed by atoms with Gasteiger partial charge in [-0.25, -0.2) is 4.79 Å². The third kappa shape index (κ3) is 5.63. The molecule has 0 bridgehead atoms. The summed E-state index contributed by atoms with van der Waals surface area (Å²) in [5.74, 6) is -0.280. The summed E-state index contributed by atoms with van der Waals surface area (Å²) < 4.78 is 5.40. The zero-order valence-corrected chi connectivity index (χ0v) is 16.2. The monoisotopic (exact) mass is 371 g/mol. The van der Waals surface area contributed by atoms with Crippen molar-refractivity contribution in [2.45, 2.75) is 31.2 Å². The summed E-state index contributed by atoms with van der Waals surface area (Å²) in [5, 5.41) is 2.84. The SMILES string of the molecule is CSc1ccccc1C(=O)N[C@H](C(=O)OCCC(C)C)c1ccccc1. The van der Waals surface area contributed by atoms with Gasteiger partial charge in [-0.1, -0.05) is 56.3 Å². The highest BCUT2D eigenvalue weighted by atomic mass is 32.2. The number of amides is 1. The molecule has 2 rings (SSSR count). The minimum Gasteiger partial charge on any atom is -0.464 e. The van der Waals surface area contributed by atoms with Crippen LogP contribution in [0.3, 0.4) is 0 Å². The molecule has 0 saturated carbocycles. The zero-order chi connectivity index (χ0) is 18.9. The van der Waals surface area contributed by atoms with Crippen LogP contribution < -0.4 is 5.32 Å². The molecule has 26 heavy (non-hydrogen) atoms. The van der Waals surface area contributed by atoms with Gasteiger partial charge in [0.2, 0.25) is 0 Å². The number of esters is 1. The fourth-order valence-electron chi connectivity index (χ4n) is 2.44. The van der Waals surface area contributed by atoms with Crippen molar-refractivity contribution in [2.75, 3.05) is 12.9 Å². The van der Waals surface area contributed by atoms with Gasteiger partial charge in [0.05, 0.1) is 12.2 Å². The highest BCUT2D eigenvalue weighted by Gasteiger charge is 2.25. The highest BCUT2D eigenvalue weighted by Crippen LogP contribution is 2.22. The van der Waals surface area contributed by atoms with Crippen LogP contribution in [0.15, 0.2) is 59.5 Å². The van der Waals surface area contributed by atoms with Crippen LogP contribution in [0.5, 0.6) is 0 Å². The lowest BCUT2D eigenvalue weighted by Crippen LogP contribution is -2.35. The van der Waals surface area contributed by atoms with E-state index < -0.39 is 12.0 Å². The Morgan fingerprint density at radius 2 is 1.69 bits per heavy atom. The van der Waals surface area contributed by atoms with Crippen molar-refractivity contribution in [3.8, 4) is 0 Å². The molecule has 5 heteroatoms. The van der Waals surface area contributed by atoms with Crippen molar-refractivity contribution in [1.29, 1.82) is 0 Å². The molecular formula is C21H25NO3S. The zero-order valence-electron chi connectivity index (χ0n) is 15.4. The number of ether oxygens (including phenoxy) is 1. The number of carbonyl (C=O) groups is 2. The van der Waals surface area contributed by atoms with E-state index in [1.807, 2.05) is 54.8 Å². The number of rotatable bonds is 8. The molecule has 0 aliphatic rings. The predicted octanol–water partition coefficient (Wildman–Crippen LogP) is 4.47. The molecule has 0 aromatic heterocycles. The van der Waals surface area contributed by atoms with Crippen molar-refractivity contribution in [3.05, 3.63) is 65.7 Å². The largest absolute Gasteiger partial charge is 0.464 e. The number of benzene rings is 2. The minimum absolute atomic E-state index is 0.287. The Morgan fingerprint density at radius 3 is 2.35 bits per heavy atom. The number of thioether (sulfide) groups is 1. The van der Waals surface area contributed by atoms with Crippen LogP contribution in [0.25, 0.3) is 0 Å². The second-order valence-electron chi connectivity index (χ2n) is 6.37. The van der Waals surface area contributed by atoms with Gasteiger partial charge >= 0.3 is 5.97 Å². The maximum absolute atomic E-state index is 12.8. The van der Waals surface area contributed by atoms with Gasteiger partial charge in [-0.05, 0) is 36.3 Å². The summed E-state index contributed by atoms with van der Waals surface area (Å²) in [5.41, 5.74) is 1.26. The molecule has 1 atom stereocenters. The van der Waals surface area contributed by atoms with Crippen LogP contribution in [-0.4, -0.2) is 24.7 Å². The third-order valence-electron chi connectivity index (χ3n) is 3.94. The van der Waals surface area contributed by atoms with Gasteiger partial charge in [0.25, 0.3) is 5.91 Å². The Bertz CT molecular complexity index is 731. The van der Waals surface area contributed by atoms with Gasteiger partial charge in [0, 0.05) is 4.90 Å². The van der Waals surface area contributed by atoms with Gasteiger partial charge in [0.15, 0.2) is 6.04 Å². The van der Waals surface area contributed by atoms with Gasteiger partial charge in [-0.2, -0.15) is 0 Å². The molecular weight excluding hydrogens is 346 g/mol. The predicted molar refractivity (Wildman–Crippen MR) is 105 cm³/mol. The van der Waals surface area contributed by atoms with E-state index in [-0.39, 0.29) is 5.91 Å². The summed E-state index contributed by atoms with van der Waals surface area (Å²) in [4.78, 5) is 26.2. The van der Waals surface area contributed by atoms with Crippen molar-refractivity contribution < 1.29 is 14.3 Å². The summed E-state index contributed by atoms with van der Waals surface area (Å²) in [6.45, 7) is 4.49. The van der Waals surface area contributed by atoms with Crippen molar-refractivity contribution in [3.63, 3.8) is 0 Å². The molecule has 1 amide bonds. The maximum Gasteiger partial charge on any atom is 0.333 e. The Hall–Kier alpha value is -2.27. The maximum atomic E-state index is 12.8. The Kier molecular flexibility index (Phi) is 7.73. The topological polar surface area (TPSA) is 55.4 Å². The number of nitrogens with one attached hydrogen (secondary N) is 1. The number of hydrogen-bond donors (Lipinski definition) is 1. The van der Waals surface area contributed by atoms with Crippen LogP contribution in [0.4, 0.5) is 0 Å². The van der Waals surface area contributed by atoms with E-state index >= 15 is 0 Å². The van der Waals surface area contributed by atoms with E-state index in [2.05, 4.69) is 19.2 Å². The smallest absolute Gasteiger partial charge is 0.333 e. The molecule has 0 aliphatic heterocycles. The molecule has 0 aliphatic carbocycles. The van der Waals surface area contributed by atoms with E-state index in [0.29, 0.717) is 23.7 Å². The molecule has 4 nitrogen and oxygen atoms in total. The Morgan fingerprint density at radius 1 is 1.04 bits per heavy atom. The van der Waals surface area contributed by atoms with Crippen LogP contribution in [-0.2, 0) is 9.53 Å². The van der Waals surface area contributed by atoms with E-state index in [4.69, 9.17) is 4.74 Å². The number of carbonyl (C=O) groups excluding carboxylic acids is 2. The second-order valence-corrected chi connectivity index (χ2v) is 7.22. The molecule has 2 aromatic rings. The Labute approximate surface area is 159 Å². The summed E-state index contributed by atoms with van der Waals surface area (Å²) >= 11 is 1.50. The van der Waals surface area contributed by atoms with Crippen LogP contribution in [0, 0.1) is 5.92 Å². The molecule has 0 fully saturated rings. The van der Waals surface area contributed by atoms with E-state index in [0.717, 1.165) is 11.3 Å². The van der Waals surface area contributed by atoms with Crippen LogP contribution in [0.1, 0.15) is 42.2 Å². The minimum atomic E-state index is -0.828. The summed E-state index contributed by atoms with van der Waals surface area (Å²) in [6, 6.07) is 15.7. The molecule has 0 unspecified atom stereocenters. The van der Waals surface area contributed by atoms with Crippen molar-refractivity contribution in [2.24, 2.45) is 5.92 Å². The lowest BCUT2D eigenvalue weighted by atomic mass is 10.1. The fraction of sp³-hybridized carbons (Fsp3) is 0.333. The lowest BCUT2D eigenvalue weighted by molar-refractivity contribution is -0.146. The van der Waals surface area contributed by atoms with Crippen molar-refractivity contribution >= 4 is 23.6 Å². The van der Waals surface area contributed by atoms with Crippen LogP contribution >= 0.6 is 11.8 Å². The van der Waals surface area contributed by atoms with Gasteiger partial charge < -0.3 is 10.1 Å².